The van der Waals surface area contributed by atoms with Crippen molar-refractivity contribution in [2.24, 2.45) is 0 Å². The largest absolute Gasteiger partial charge is 0.497 e. The predicted molar refractivity (Wildman–Crippen MR) is 108 cm³/mol. The molecular formula is C24H30O. The van der Waals surface area contributed by atoms with Crippen LogP contribution in [0.15, 0.2) is 42.5 Å². The predicted octanol–water partition coefficient (Wildman–Crippen LogP) is 6.60. The number of hydrogen-bond acceptors (Lipinski definition) is 1. The van der Waals surface area contributed by atoms with E-state index in [4.69, 9.17) is 4.74 Å². The standard InChI is InChI=1S/C24H30O/c1-17(15-18-7-10-20(25-6)11-8-18)19-9-12-21-22(16-19)24(4,5)14-13-23(21,2)3/h7-12,15-16H,13-14H2,1-6H3. The molecule has 0 aliphatic heterocycles. The number of rotatable bonds is 3. The van der Waals surface area contributed by atoms with Crippen LogP contribution < -0.4 is 4.74 Å². The van der Waals surface area contributed by atoms with Gasteiger partial charge in [-0.05, 0) is 70.6 Å². The van der Waals surface area contributed by atoms with Gasteiger partial charge in [-0.2, -0.15) is 0 Å². The Morgan fingerprint density at radius 1 is 0.880 bits per heavy atom. The lowest BCUT2D eigenvalue weighted by Gasteiger charge is -2.42. The number of methoxy groups -OCH3 is 1. The van der Waals surface area contributed by atoms with Crippen LogP contribution in [-0.4, -0.2) is 7.11 Å². The molecule has 0 unspecified atom stereocenters. The molecule has 1 nitrogen and oxygen atoms in total. The molecule has 0 N–H and O–H groups in total. The van der Waals surface area contributed by atoms with Crippen molar-refractivity contribution in [2.75, 3.05) is 7.11 Å². The van der Waals surface area contributed by atoms with E-state index in [1.165, 1.54) is 40.7 Å². The average molecular weight is 335 g/mol. The quantitative estimate of drug-likeness (QED) is 0.574. The highest BCUT2D eigenvalue weighted by Crippen LogP contribution is 2.46. The summed E-state index contributed by atoms with van der Waals surface area (Å²) in [5, 5.41) is 0. The van der Waals surface area contributed by atoms with Crippen molar-refractivity contribution in [3.8, 4) is 5.75 Å². The van der Waals surface area contributed by atoms with Crippen LogP contribution in [0.1, 0.15) is 69.7 Å². The van der Waals surface area contributed by atoms with E-state index in [1.54, 1.807) is 7.11 Å². The fourth-order valence-corrected chi connectivity index (χ4v) is 3.87. The lowest BCUT2D eigenvalue weighted by molar-refractivity contribution is 0.332. The van der Waals surface area contributed by atoms with Crippen LogP contribution in [0.4, 0.5) is 0 Å². The first-order valence-electron chi connectivity index (χ1n) is 9.21. The van der Waals surface area contributed by atoms with Crippen LogP contribution in [0.25, 0.3) is 11.6 Å². The molecule has 0 amide bonds. The van der Waals surface area contributed by atoms with E-state index < -0.39 is 0 Å². The minimum Gasteiger partial charge on any atom is -0.497 e. The van der Waals surface area contributed by atoms with Gasteiger partial charge >= 0.3 is 0 Å². The van der Waals surface area contributed by atoms with Gasteiger partial charge in [0.1, 0.15) is 5.75 Å². The third-order valence-corrected chi connectivity index (χ3v) is 5.81. The van der Waals surface area contributed by atoms with E-state index in [0.29, 0.717) is 0 Å². The molecule has 0 spiro atoms. The van der Waals surface area contributed by atoms with Crippen molar-refractivity contribution in [2.45, 2.75) is 58.3 Å². The highest BCUT2D eigenvalue weighted by atomic mass is 16.5. The summed E-state index contributed by atoms with van der Waals surface area (Å²) >= 11 is 0. The van der Waals surface area contributed by atoms with Crippen LogP contribution in [0.3, 0.4) is 0 Å². The number of allylic oxidation sites excluding steroid dienone is 1. The topological polar surface area (TPSA) is 9.23 Å². The van der Waals surface area contributed by atoms with Crippen molar-refractivity contribution in [3.05, 3.63) is 64.7 Å². The molecule has 2 aromatic rings. The molecule has 3 rings (SSSR count). The summed E-state index contributed by atoms with van der Waals surface area (Å²) < 4.78 is 5.24. The van der Waals surface area contributed by atoms with Gasteiger partial charge < -0.3 is 4.74 Å². The summed E-state index contributed by atoms with van der Waals surface area (Å²) in [6.45, 7) is 11.7. The van der Waals surface area contributed by atoms with E-state index in [0.717, 1.165) is 5.75 Å². The Labute approximate surface area is 152 Å². The smallest absolute Gasteiger partial charge is 0.118 e. The van der Waals surface area contributed by atoms with Gasteiger partial charge in [0.15, 0.2) is 0 Å². The summed E-state index contributed by atoms with van der Waals surface area (Å²) in [6.07, 6.45) is 4.76. The van der Waals surface area contributed by atoms with E-state index in [-0.39, 0.29) is 10.8 Å². The van der Waals surface area contributed by atoms with E-state index in [9.17, 15) is 0 Å². The second-order valence-electron chi connectivity index (χ2n) is 8.63. The van der Waals surface area contributed by atoms with E-state index in [2.05, 4.69) is 71.0 Å². The Kier molecular flexibility index (Phi) is 4.53. The Bertz CT molecular complexity index is 791. The highest BCUT2D eigenvalue weighted by Gasteiger charge is 2.36. The van der Waals surface area contributed by atoms with Gasteiger partial charge in [-0.3, -0.25) is 0 Å². The first-order chi connectivity index (χ1) is 11.7. The zero-order valence-corrected chi connectivity index (χ0v) is 16.4. The number of ether oxygens (including phenoxy) is 1. The van der Waals surface area contributed by atoms with E-state index >= 15 is 0 Å². The first kappa shape index (κ1) is 17.8. The van der Waals surface area contributed by atoms with Gasteiger partial charge in [0.25, 0.3) is 0 Å². The normalized spacial score (nSPS) is 18.6. The summed E-state index contributed by atoms with van der Waals surface area (Å²) in [6, 6.07) is 15.3. The molecule has 25 heavy (non-hydrogen) atoms. The average Bonchev–Trinajstić information content (AvgIpc) is 2.59. The molecular weight excluding hydrogens is 304 g/mol. The van der Waals surface area contributed by atoms with Gasteiger partial charge in [-0.25, -0.2) is 0 Å². The Hall–Kier alpha value is -2.02. The lowest BCUT2D eigenvalue weighted by atomic mass is 9.63. The third kappa shape index (κ3) is 3.51. The van der Waals surface area contributed by atoms with Gasteiger partial charge in [0, 0.05) is 0 Å². The number of fused-ring (bicyclic) bond motifs is 1. The van der Waals surface area contributed by atoms with Gasteiger partial charge in [0.2, 0.25) is 0 Å². The molecule has 2 aromatic carbocycles. The van der Waals surface area contributed by atoms with Crippen LogP contribution in [0, 0.1) is 0 Å². The lowest BCUT2D eigenvalue weighted by Crippen LogP contribution is -2.33. The molecule has 0 heterocycles. The summed E-state index contributed by atoms with van der Waals surface area (Å²) in [5.41, 5.74) is 7.38. The number of benzene rings is 2. The molecule has 0 bridgehead atoms. The fourth-order valence-electron chi connectivity index (χ4n) is 3.87. The molecule has 1 aliphatic carbocycles. The molecule has 0 atom stereocenters. The van der Waals surface area contributed by atoms with Gasteiger partial charge in [-0.1, -0.05) is 64.1 Å². The van der Waals surface area contributed by atoms with Gasteiger partial charge in [-0.15, -0.1) is 0 Å². The first-order valence-corrected chi connectivity index (χ1v) is 9.21. The maximum absolute atomic E-state index is 5.24. The molecule has 1 heteroatoms. The van der Waals surface area contributed by atoms with Crippen molar-refractivity contribution in [3.63, 3.8) is 0 Å². The van der Waals surface area contributed by atoms with Crippen LogP contribution >= 0.6 is 0 Å². The Morgan fingerprint density at radius 2 is 1.48 bits per heavy atom. The Morgan fingerprint density at radius 3 is 2.08 bits per heavy atom. The van der Waals surface area contributed by atoms with Crippen LogP contribution in [0.2, 0.25) is 0 Å². The summed E-state index contributed by atoms with van der Waals surface area (Å²) in [4.78, 5) is 0. The van der Waals surface area contributed by atoms with Crippen molar-refractivity contribution in [1.29, 1.82) is 0 Å². The van der Waals surface area contributed by atoms with Crippen molar-refractivity contribution in [1.82, 2.24) is 0 Å². The SMILES string of the molecule is COc1ccc(C=C(C)c2ccc3c(c2)C(C)(C)CCC3(C)C)cc1. The summed E-state index contributed by atoms with van der Waals surface area (Å²) in [7, 11) is 1.70. The maximum Gasteiger partial charge on any atom is 0.118 e. The second kappa shape index (κ2) is 6.37. The summed E-state index contributed by atoms with van der Waals surface area (Å²) in [5.74, 6) is 0.896. The molecule has 0 saturated carbocycles. The van der Waals surface area contributed by atoms with E-state index in [1.807, 2.05) is 12.1 Å². The number of hydrogen-bond donors (Lipinski definition) is 0. The molecule has 0 radical (unpaired) electrons. The minimum atomic E-state index is 0.251. The monoisotopic (exact) mass is 334 g/mol. The van der Waals surface area contributed by atoms with Crippen LogP contribution in [-0.2, 0) is 10.8 Å². The Balaban J connectivity index is 1.99. The zero-order valence-electron chi connectivity index (χ0n) is 16.4. The van der Waals surface area contributed by atoms with Crippen LogP contribution in [0.5, 0.6) is 5.75 Å². The third-order valence-electron chi connectivity index (χ3n) is 5.81. The minimum absolute atomic E-state index is 0.251. The second-order valence-corrected chi connectivity index (χ2v) is 8.63. The van der Waals surface area contributed by atoms with Crippen molar-refractivity contribution >= 4 is 11.6 Å². The fraction of sp³-hybridized carbons (Fsp3) is 0.417. The molecule has 0 aromatic heterocycles. The molecule has 132 valence electrons. The molecule has 1 aliphatic rings. The molecule has 0 fully saturated rings. The molecule has 0 saturated heterocycles. The zero-order chi connectivity index (χ0) is 18.2. The maximum atomic E-state index is 5.24. The van der Waals surface area contributed by atoms with Crippen molar-refractivity contribution < 1.29 is 4.74 Å². The van der Waals surface area contributed by atoms with Gasteiger partial charge in [0.05, 0.1) is 7.11 Å². The highest BCUT2D eigenvalue weighted by molar-refractivity contribution is 5.80.